The van der Waals surface area contributed by atoms with E-state index < -0.39 is 24.1 Å². The molecule has 1 saturated heterocycles. The van der Waals surface area contributed by atoms with Gasteiger partial charge in [0.05, 0.1) is 6.61 Å². The van der Waals surface area contributed by atoms with Gasteiger partial charge < -0.3 is 29.6 Å². The van der Waals surface area contributed by atoms with E-state index in [9.17, 15) is 9.59 Å². The van der Waals surface area contributed by atoms with Crippen LogP contribution >= 0.6 is 0 Å². The molecular weight excluding hydrogens is 496 g/mol. The van der Waals surface area contributed by atoms with Gasteiger partial charge >= 0.3 is 0 Å². The van der Waals surface area contributed by atoms with E-state index in [0.717, 1.165) is 24.8 Å². The first-order chi connectivity index (χ1) is 18.6. The first-order valence-corrected chi connectivity index (χ1v) is 14.2. The zero-order valence-electron chi connectivity index (χ0n) is 23.3. The maximum absolute atomic E-state index is 13.0. The van der Waals surface area contributed by atoms with Gasteiger partial charge in [0.1, 0.15) is 12.2 Å². The van der Waals surface area contributed by atoms with Gasteiger partial charge in [0.2, 0.25) is 5.91 Å². The molecule has 0 radical (unpaired) electrons. The maximum atomic E-state index is 13.0. The predicted molar refractivity (Wildman–Crippen MR) is 146 cm³/mol. The van der Waals surface area contributed by atoms with E-state index in [1.165, 1.54) is 35.0 Å². The van der Waals surface area contributed by atoms with Crippen LogP contribution in [0.5, 0.6) is 0 Å². The Morgan fingerprint density at radius 1 is 1.21 bits per heavy atom. The molecule has 2 saturated carbocycles. The second-order valence-corrected chi connectivity index (χ2v) is 12.6. The van der Waals surface area contributed by atoms with Gasteiger partial charge in [-0.05, 0) is 80.1 Å². The lowest BCUT2D eigenvalue weighted by Gasteiger charge is -2.57. The molecule has 3 heterocycles. The third kappa shape index (κ3) is 4.10. The average Bonchev–Trinajstić information content (AvgIpc) is 3.52. The van der Waals surface area contributed by atoms with Gasteiger partial charge in [-0.2, -0.15) is 0 Å². The molecule has 7 rings (SSSR count). The molecule has 2 aliphatic heterocycles. The number of rotatable bonds is 4. The number of methoxy groups -OCH3 is 1. The Morgan fingerprint density at radius 3 is 2.77 bits per heavy atom. The number of hydrogen-bond donors (Lipinski definition) is 3. The quantitative estimate of drug-likeness (QED) is 0.513. The van der Waals surface area contributed by atoms with E-state index in [1.807, 2.05) is 19.9 Å². The summed E-state index contributed by atoms with van der Waals surface area (Å²) in [5.41, 5.74) is 4.95. The molecule has 6 atom stereocenters. The van der Waals surface area contributed by atoms with Crippen molar-refractivity contribution < 1.29 is 28.9 Å². The fourth-order valence-electron chi connectivity index (χ4n) is 8.33. The number of hydrogen-bond acceptors (Lipinski definition) is 6. The standard InChI is InChI=1S/C26H29NO3.C5H11NO3/c1-24(2)23-20(28)13-18-17-9-8-14-12-16-15-6-4-5-7-19(15)27-22(16)21(14)25(17,3)10-11-26(18,29-23)30-24;1-9-3-2-6-5(8)4-7/h4-7,13-14,17,21,23,27H,8-12H2,1-3H3;7H,2-4H2,1H3,(H,6,8). The van der Waals surface area contributed by atoms with Crippen molar-refractivity contribution in [2.24, 2.45) is 17.3 Å². The Labute approximate surface area is 229 Å². The summed E-state index contributed by atoms with van der Waals surface area (Å²) < 4.78 is 17.6. The smallest absolute Gasteiger partial charge is 0.245 e. The Kier molecular flexibility index (Phi) is 6.53. The van der Waals surface area contributed by atoms with Crippen LogP contribution in [0.3, 0.4) is 0 Å². The number of para-hydroxylation sites is 1. The van der Waals surface area contributed by atoms with Crippen LogP contribution in [-0.2, 0) is 30.2 Å². The molecule has 1 aromatic carbocycles. The third-order valence-corrected chi connectivity index (χ3v) is 9.93. The van der Waals surface area contributed by atoms with Gasteiger partial charge in [0, 0.05) is 42.6 Å². The summed E-state index contributed by atoms with van der Waals surface area (Å²) in [4.78, 5) is 27.0. The molecule has 1 aromatic heterocycles. The molecule has 3 aliphatic carbocycles. The molecule has 2 aromatic rings. The van der Waals surface area contributed by atoms with Crippen molar-refractivity contribution in [1.82, 2.24) is 10.3 Å². The van der Waals surface area contributed by atoms with Crippen molar-refractivity contribution >= 4 is 22.6 Å². The SMILES string of the molecule is CC1(C)OC23CCC4(C)C(CCC5Cc6c([nH]c7ccccc67)C54)C2=CC(=O)C1O3.COCCNC(=O)CO. The van der Waals surface area contributed by atoms with Crippen molar-refractivity contribution in [3.05, 3.63) is 47.2 Å². The highest BCUT2D eigenvalue weighted by Crippen LogP contribution is 2.68. The summed E-state index contributed by atoms with van der Waals surface area (Å²) in [6, 6.07) is 8.74. The van der Waals surface area contributed by atoms with Crippen LogP contribution in [0.15, 0.2) is 35.9 Å². The van der Waals surface area contributed by atoms with Crippen molar-refractivity contribution in [2.45, 2.75) is 76.3 Å². The summed E-state index contributed by atoms with van der Waals surface area (Å²) in [7, 11) is 1.55. The Morgan fingerprint density at radius 2 is 2.00 bits per heavy atom. The van der Waals surface area contributed by atoms with E-state index in [1.54, 1.807) is 7.11 Å². The molecule has 210 valence electrons. The zero-order valence-corrected chi connectivity index (χ0v) is 23.3. The Hall–Kier alpha value is -2.52. The van der Waals surface area contributed by atoms with Gasteiger partial charge in [-0.1, -0.05) is 25.1 Å². The molecule has 5 aliphatic rings. The van der Waals surface area contributed by atoms with Gasteiger partial charge in [-0.3, -0.25) is 9.59 Å². The number of fused-ring (bicyclic) bond motifs is 9. The minimum Gasteiger partial charge on any atom is -0.387 e. The number of aliphatic hydroxyl groups is 1. The molecule has 1 spiro atoms. The van der Waals surface area contributed by atoms with Crippen molar-refractivity contribution in [3.63, 3.8) is 0 Å². The summed E-state index contributed by atoms with van der Waals surface area (Å²) in [5.74, 6) is 0.587. The number of amides is 1. The highest BCUT2D eigenvalue weighted by atomic mass is 16.8. The topological polar surface area (TPSA) is 110 Å². The molecule has 3 fully saturated rings. The molecule has 8 nitrogen and oxygen atoms in total. The van der Waals surface area contributed by atoms with Crippen LogP contribution in [0, 0.1) is 17.3 Å². The maximum Gasteiger partial charge on any atom is 0.245 e. The number of benzene rings is 1. The predicted octanol–water partition coefficient (Wildman–Crippen LogP) is 3.77. The molecule has 8 heteroatoms. The zero-order chi connectivity index (χ0) is 27.6. The van der Waals surface area contributed by atoms with Crippen LogP contribution in [0.25, 0.3) is 10.9 Å². The van der Waals surface area contributed by atoms with Crippen LogP contribution in [0.1, 0.15) is 63.6 Å². The van der Waals surface area contributed by atoms with Gasteiger partial charge in [0.25, 0.3) is 0 Å². The fourth-order valence-corrected chi connectivity index (χ4v) is 8.33. The second-order valence-electron chi connectivity index (χ2n) is 12.6. The molecule has 39 heavy (non-hydrogen) atoms. The number of carbonyl (C=O) groups excluding carboxylic acids is 2. The minimum absolute atomic E-state index is 0.0900. The first-order valence-electron chi connectivity index (χ1n) is 14.2. The van der Waals surface area contributed by atoms with E-state index in [-0.39, 0.29) is 17.1 Å². The Balaban J connectivity index is 0.000000268. The lowest BCUT2D eigenvalue weighted by atomic mass is 9.50. The Bertz CT molecular complexity index is 1330. The molecule has 6 unspecified atom stereocenters. The molecular formula is C31H40N2O6. The number of carbonyl (C=O) groups is 2. The normalized spacial score (nSPS) is 35.2. The molecule has 1 amide bonds. The monoisotopic (exact) mass is 536 g/mol. The average molecular weight is 537 g/mol. The molecule has 3 N–H and O–H groups in total. The number of aromatic amines is 1. The molecule has 2 bridgehead atoms. The number of ether oxygens (including phenoxy) is 3. The first kappa shape index (κ1) is 26.7. The lowest BCUT2D eigenvalue weighted by molar-refractivity contribution is -0.199. The highest BCUT2D eigenvalue weighted by Gasteiger charge is 2.66. The van der Waals surface area contributed by atoms with Crippen LogP contribution in [-0.4, -0.2) is 66.1 Å². The minimum atomic E-state index is -0.680. The number of H-pyrrole nitrogens is 1. The summed E-state index contributed by atoms with van der Waals surface area (Å²) >= 11 is 0. The highest BCUT2D eigenvalue weighted by molar-refractivity contribution is 5.97. The summed E-state index contributed by atoms with van der Waals surface area (Å²) in [6.45, 7) is 6.95. The third-order valence-electron chi connectivity index (χ3n) is 9.93. The van der Waals surface area contributed by atoms with Crippen LogP contribution < -0.4 is 5.32 Å². The number of aromatic nitrogens is 1. The van der Waals surface area contributed by atoms with E-state index in [0.29, 0.717) is 30.9 Å². The van der Waals surface area contributed by atoms with Crippen LogP contribution in [0.2, 0.25) is 0 Å². The van der Waals surface area contributed by atoms with Gasteiger partial charge in [0.15, 0.2) is 17.7 Å². The number of aliphatic hydroxyl groups excluding tert-OH is 1. The van der Waals surface area contributed by atoms with E-state index >= 15 is 0 Å². The van der Waals surface area contributed by atoms with Crippen molar-refractivity contribution in [2.75, 3.05) is 26.9 Å². The van der Waals surface area contributed by atoms with Crippen molar-refractivity contribution in [3.8, 4) is 0 Å². The number of nitrogens with one attached hydrogen (secondary N) is 2. The largest absolute Gasteiger partial charge is 0.387 e. The lowest BCUT2D eigenvalue weighted by Crippen LogP contribution is -2.54. The van der Waals surface area contributed by atoms with Crippen molar-refractivity contribution in [1.29, 1.82) is 0 Å². The number of ketones is 1. The van der Waals surface area contributed by atoms with E-state index in [4.69, 9.17) is 14.6 Å². The fraction of sp³-hybridized carbons (Fsp3) is 0.613. The van der Waals surface area contributed by atoms with E-state index in [2.05, 4.69) is 46.2 Å². The summed E-state index contributed by atoms with van der Waals surface area (Å²) in [6.07, 6.45) is 6.88. The van der Waals surface area contributed by atoms with Gasteiger partial charge in [-0.25, -0.2) is 0 Å². The second kappa shape index (κ2) is 9.54. The van der Waals surface area contributed by atoms with Gasteiger partial charge in [-0.15, -0.1) is 0 Å². The summed E-state index contributed by atoms with van der Waals surface area (Å²) in [5, 5.41) is 12.0. The van der Waals surface area contributed by atoms with Crippen LogP contribution in [0.4, 0.5) is 0 Å².